The van der Waals surface area contributed by atoms with Crippen molar-refractivity contribution in [2.45, 2.75) is 45.3 Å². The van der Waals surface area contributed by atoms with Gasteiger partial charge in [0.05, 0.1) is 6.04 Å². The molecule has 2 aromatic rings. The van der Waals surface area contributed by atoms with Crippen LogP contribution in [0.2, 0.25) is 0 Å². The molecule has 0 aliphatic carbocycles. The van der Waals surface area contributed by atoms with Gasteiger partial charge in [0.15, 0.2) is 12.4 Å². The predicted octanol–water partition coefficient (Wildman–Crippen LogP) is 3.25. The van der Waals surface area contributed by atoms with Crippen molar-refractivity contribution in [1.82, 2.24) is 15.0 Å². The Bertz CT molecular complexity index is 687. The van der Waals surface area contributed by atoms with Gasteiger partial charge < -0.3 is 14.2 Å². The molecule has 3 rings (SSSR count). The Hall–Kier alpha value is -2.44. The Kier molecular flexibility index (Phi) is 5.08. The molecule has 1 amide bonds. The second-order valence-electron chi connectivity index (χ2n) is 5.74. The molecule has 1 aromatic carbocycles. The van der Waals surface area contributed by atoms with Crippen molar-refractivity contribution in [1.29, 1.82) is 0 Å². The lowest BCUT2D eigenvalue weighted by molar-refractivity contribution is -0.134. The van der Waals surface area contributed by atoms with Gasteiger partial charge in [0, 0.05) is 13.0 Å². The summed E-state index contributed by atoms with van der Waals surface area (Å²) in [7, 11) is 0. The van der Waals surface area contributed by atoms with Gasteiger partial charge in [-0.3, -0.25) is 4.79 Å². The molecule has 128 valence electrons. The van der Waals surface area contributed by atoms with E-state index in [-0.39, 0.29) is 24.4 Å². The van der Waals surface area contributed by atoms with Crippen LogP contribution >= 0.6 is 0 Å². The minimum absolute atomic E-state index is 0.104. The molecule has 0 bridgehead atoms. The van der Waals surface area contributed by atoms with Gasteiger partial charge in [-0.1, -0.05) is 12.1 Å². The molecule has 1 saturated heterocycles. The highest BCUT2D eigenvalue weighted by Crippen LogP contribution is 2.29. The van der Waals surface area contributed by atoms with Gasteiger partial charge in [-0.05, 0) is 43.5 Å². The van der Waals surface area contributed by atoms with Gasteiger partial charge in [-0.15, -0.1) is 0 Å². The van der Waals surface area contributed by atoms with E-state index in [9.17, 15) is 9.18 Å². The third-order valence-corrected chi connectivity index (χ3v) is 4.08. The first-order chi connectivity index (χ1) is 11.7. The van der Waals surface area contributed by atoms with Crippen molar-refractivity contribution >= 4 is 5.91 Å². The summed E-state index contributed by atoms with van der Waals surface area (Å²) >= 11 is 0. The van der Waals surface area contributed by atoms with E-state index in [0.29, 0.717) is 23.9 Å². The standard InChI is InChI=1S/C17H20FN3O3/c1-2-16(22)21-10-4-3-5-14(21)17-19-15(24-20-17)11-23-13-8-6-12(18)7-9-13/h6-9,14H,2-5,10-11H2,1H3. The molecule has 7 heteroatoms. The zero-order valence-corrected chi connectivity index (χ0v) is 13.6. The minimum atomic E-state index is -0.319. The average molecular weight is 333 g/mol. The van der Waals surface area contributed by atoms with Crippen LogP contribution in [0.5, 0.6) is 5.75 Å². The molecule has 6 nitrogen and oxygen atoms in total. The van der Waals surface area contributed by atoms with E-state index in [1.165, 1.54) is 24.3 Å². The summed E-state index contributed by atoms with van der Waals surface area (Å²) < 4.78 is 23.6. The molecule has 1 unspecified atom stereocenters. The number of nitrogens with zero attached hydrogens (tertiary/aromatic N) is 3. The molecule has 2 heterocycles. The van der Waals surface area contributed by atoms with Crippen LogP contribution in [0.4, 0.5) is 4.39 Å². The van der Waals surface area contributed by atoms with Crippen molar-refractivity contribution < 1.29 is 18.4 Å². The van der Waals surface area contributed by atoms with Crippen LogP contribution < -0.4 is 4.74 Å². The van der Waals surface area contributed by atoms with E-state index >= 15 is 0 Å². The maximum absolute atomic E-state index is 12.9. The van der Waals surface area contributed by atoms with Crippen LogP contribution in [0.25, 0.3) is 0 Å². The van der Waals surface area contributed by atoms with Gasteiger partial charge >= 0.3 is 0 Å². The van der Waals surface area contributed by atoms with Gasteiger partial charge in [0.2, 0.25) is 5.91 Å². The van der Waals surface area contributed by atoms with Crippen molar-refractivity contribution in [3.63, 3.8) is 0 Å². The molecular formula is C17H20FN3O3. The molecule has 0 spiro atoms. The van der Waals surface area contributed by atoms with Gasteiger partial charge in [-0.25, -0.2) is 4.39 Å². The average Bonchev–Trinajstić information content (AvgIpc) is 3.09. The number of hydrogen-bond acceptors (Lipinski definition) is 5. The van der Waals surface area contributed by atoms with E-state index in [1.807, 2.05) is 11.8 Å². The number of amides is 1. The second-order valence-corrected chi connectivity index (χ2v) is 5.74. The molecule has 1 atom stereocenters. The highest BCUT2D eigenvalue weighted by Gasteiger charge is 2.30. The van der Waals surface area contributed by atoms with Crippen molar-refractivity contribution in [3.8, 4) is 5.75 Å². The molecule has 24 heavy (non-hydrogen) atoms. The van der Waals surface area contributed by atoms with Crippen LogP contribution in [-0.2, 0) is 11.4 Å². The fourth-order valence-corrected chi connectivity index (χ4v) is 2.84. The first kappa shape index (κ1) is 16.4. The first-order valence-corrected chi connectivity index (χ1v) is 8.17. The van der Waals surface area contributed by atoms with E-state index in [2.05, 4.69) is 10.1 Å². The maximum atomic E-state index is 12.9. The number of likely N-dealkylation sites (tertiary alicyclic amines) is 1. The lowest BCUT2D eigenvalue weighted by Crippen LogP contribution is -2.38. The molecule has 1 aromatic heterocycles. The largest absolute Gasteiger partial charge is 0.484 e. The zero-order valence-electron chi connectivity index (χ0n) is 13.6. The normalized spacial score (nSPS) is 17.8. The molecule has 1 aliphatic heterocycles. The number of ether oxygens (including phenoxy) is 1. The van der Waals surface area contributed by atoms with E-state index in [1.54, 1.807) is 0 Å². The Morgan fingerprint density at radius 2 is 2.17 bits per heavy atom. The summed E-state index contributed by atoms with van der Waals surface area (Å²) in [5.74, 6) is 1.17. The molecule has 0 radical (unpaired) electrons. The third-order valence-electron chi connectivity index (χ3n) is 4.08. The molecule has 1 aliphatic rings. The van der Waals surface area contributed by atoms with Crippen LogP contribution in [0.3, 0.4) is 0 Å². The highest BCUT2D eigenvalue weighted by molar-refractivity contribution is 5.76. The van der Waals surface area contributed by atoms with Crippen molar-refractivity contribution in [2.75, 3.05) is 6.54 Å². The second kappa shape index (κ2) is 7.42. The Morgan fingerprint density at radius 1 is 1.38 bits per heavy atom. The summed E-state index contributed by atoms with van der Waals surface area (Å²) in [6.45, 7) is 2.69. The summed E-state index contributed by atoms with van der Waals surface area (Å²) in [4.78, 5) is 18.3. The van der Waals surface area contributed by atoms with Gasteiger partial charge in [0.25, 0.3) is 5.89 Å². The lowest BCUT2D eigenvalue weighted by atomic mass is 10.0. The summed E-state index contributed by atoms with van der Waals surface area (Å²) in [5, 5.41) is 4.01. The fraction of sp³-hybridized carbons (Fsp3) is 0.471. The number of piperidine rings is 1. The smallest absolute Gasteiger partial charge is 0.264 e. The third kappa shape index (κ3) is 3.72. The van der Waals surface area contributed by atoms with Crippen molar-refractivity contribution in [2.24, 2.45) is 0 Å². The fourth-order valence-electron chi connectivity index (χ4n) is 2.84. The number of aromatic nitrogens is 2. The van der Waals surface area contributed by atoms with Crippen LogP contribution in [0, 0.1) is 5.82 Å². The number of hydrogen-bond donors (Lipinski definition) is 0. The topological polar surface area (TPSA) is 68.5 Å². The van der Waals surface area contributed by atoms with Crippen LogP contribution in [-0.4, -0.2) is 27.5 Å². The number of carbonyl (C=O) groups excluding carboxylic acids is 1. The lowest BCUT2D eigenvalue weighted by Gasteiger charge is -2.33. The Balaban J connectivity index is 1.65. The monoisotopic (exact) mass is 333 g/mol. The quantitative estimate of drug-likeness (QED) is 0.840. The molecule has 0 saturated carbocycles. The number of carbonyl (C=O) groups is 1. The molecule has 1 fully saturated rings. The SMILES string of the molecule is CCC(=O)N1CCCCC1c1noc(COc2ccc(F)cc2)n1. The summed E-state index contributed by atoms with van der Waals surface area (Å²) in [6, 6.07) is 5.59. The highest BCUT2D eigenvalue weighted by atomic mass is 19.1. The minimum Gasteiger partial charge on any atom is -0.484 e. The van der Waals surface area contributed by atoms with Gasteiger partial charge in [0.1, 0.15) is 11.6 Å². The summed E-state index contributed by atoms with van der Waals surface area (Å²) in [5.41, 5.74) is 0. The predicted molar refractivity (Wildman–Crippen MR) is 83.6 cm³/mol. The van der Waals surface area contributed by atoms with E-state index in [0.717, 1.165) is 25.8 Å². The Morgan fingerprint density at radius 3 is 2.92 bits per heavy atom. The number of halogens is 1. The molecule has 0 N–H and O–H groups in total. The van der Waals surface area contributed by atoms with Crippen LogP contribution in [0.1, 0.15) is 50.4 Å². The van der Waals surface area contributed by atoms with E-state index < -0.39 is 0 Å². The number of benzene rings is 1. The molecular weight excluding hydrogens is 313 g/mol. The maximum Gasteiger partial charge on any atom is 0.264 e. The summed E-state index contributed by atoms with van der Waals surface area (Å²) in [6.07, 6.45) is 3.34. The zero-order chi connectivity index (χ0) is 16.9. The van der Waals surface area contributed by atoms with Crippen molar-refractivity contribution in [3.05, 3.63) is 41.8 Å². The number of rotatable bonds is 5. The van der Waals surface area contributed by atoms with E-state index in [4.69, 9.17) is 9.26 Å². The Labute approximate surface area is 139 Å². The van der Waals surface area contributed by atoms with Gasteiger partial charge in [-0.2, -0.15) is 4.98 Å². The van der Waals surface area contributed by atoms with Crippen LogP contribution in [0.15, 0.2) is 28.8 Å². The first-order valence-electron chi connectivity index (χ1n) is 8.17.